The minimum absolute atomic E-state index is 0.0209. The molecule has 0 saturated carbocycles. The lowest BCUT2D eigenvalue weighted by Gasteiger charge is -2.37. The van der Waals surface area contributed by atoms with Crippen molar-refractivity contribution < 1.29 is 23.8 Å². The van der Waals surface area contributed by atoms with Crippen molar-refractivity contribution >= 4 is 29.1 Å². The number of ketones is 1. The number of rotatable bonds is 8. The Morgan fingerprint density at radius 2 is 1.56 bits per heavy atom. The van der Waals surface area contributed by atoms with Gasteiger partial charge in [-0.05, 0) is 73.0 Å². The number of benzene rings is 3. The largest absolute Gasteiger partial charge is 0.495 e. The number of nitrogens with one attached hydrogen (secondary N) is 2. The molecular weight excluding hydrogens is 536 g/mol. The molecular formula is C33H34N2O5S. The second kappa shape index (κ2) is 12.1. The highest BCUT2D eigenvalue weighted by atomic mass is 32.2. The van der Waals surface area contributed by atoms with Gasteiger partial charge < -0.3 is 24.8 Å². The number of carbonyl (C=O) groups is 2. The zero-order chi connectivity index (χ0) is 29.1. The van der Waals surface area contributed by atoms with Crippen LogP contribution in [0.3, 0.4) is 0 Å². The number of dihydropyridines is 1. The maximum absolute atomic E-state index is 14.0. The highest BCUT2D eigenvalue weighted by molar-refractivity contribution is 7.98. The van der Waals surface area contributed by atoms with Crippen LogP contribution in [-0.4, -0.2) is 39.3 Å². The fourth-order valence-electron chi connectivity index (χ4n) is 5.75. The van der Waals surface area contributed by atoms with Crippen LogP contribution in [-0.2, 0) is 9.59 Å². The molecule has 0 saturated heterocycles. The number of thioether (sulfide) groups is 1. The van der Waals surface area contributed by atoms with Crippen molar-refractivity contribution in [3.05, 3.63) is 100 Å². The molecule has 7 nitrogen and oxygen atoms in total. The number of para-hydroxylation sites is 2. The van der Waals surface area contributed by atoms with E-state index in [1.807, 2.05) is 67.8 Å². The van der Waals surface area contributed by atoms with Crippen LogP contribution in [0.15, 0.2) is 94.2 Å². The molecule has 2 unspecified atom stereocenters. The average Bonchev–Trinajstić information content (AvgIpc) is 3.00. The second-order valence-corrected chi connectivity index (χ2v) is 10.9. The van der Waals surface area contributed by atoms with Gasteiger partial charge in [0, 0.05) is 39.8 Å². The third-order valence-corrected chi connectivity index (χ3v) is 8.50. The topological polar surface area (TPSA) is 85.9 Å². The first kappa shape index (κ1) is 28.4. The average molecular weight is 571 g/mol. The molecule has 5 rings (SSSR count). The van der Waals surface area contributed by atoms with Crippen LogP contribution in [0.4, 0.5) is 5.69 Å². The highest BCUT2D eigenvalue weighted by Crippen LogP contribution is 2.46. The molecule has 1 amide bonds. The molecule has 3 aromatic rings. The second-order valence-electron chi connectivity index (χ2n) is 10.1. The number of methoxy groups -OCH3 is 3. The van der Waals surface area contributed by atoms with Crippen molar-refractivity contribution in [1.82, 2.24) is 5.32 Å². The van der Waals surface area contributed by atoms with Gasteiger partial charge in [-0.3, -0.25) is 9.59 Å². The molecule has 0 spiro atoms. The van der Waals surface area contributed by atoms with E-state index in [4.69, 9.17) is 14.2 Å². The van der Waals surface area contributed by atoms with Gasteiger partial charge in [-0.2, -0.15) is 0 Å². The molecule has 2 atom stereocenters. The van der Waals surface area contributed by atoms with Gasteiger partial charge in [-0.15, -0.1) is 11.8 Å². The lowest BCUT2D eigenvalue weighted by Crippen LogP contribution is -2.37. The Bertz CT molecular complexity index is 1540. The van der Waals surface area contributed by atoms with Crippen molar-refractivity contribution in [2.75, 3.05) is 32.9 Å². The molecule has 0 aromatic heterocycles. The molecule has 8 heteroatoms. The highest BCUT2D eigenvalue weighted by Gasteiger charge is 2.41. The maximum Gasteiger partial charge on any atom is 0.254 e. The Kier molecular flexibility index (Phi) is 8.40. The molecule has 41 heavy (non-hydrogen) atoms. The van der Waals surface area contributed by atoms with Gasteiger partial charge in [0.25, 0.3) is 5.91 Å². The van der Waals surface area contributed by atoms with Gasteiger partial charge >= 0.3 is 0 Å². The summed E-state index contributed by atoms with van der Waals surface area (Å²) < 4.78 is 16.4. The summed E-state index contributed by atoms with van der Waals surface area (Å²) in [7, 11) is 4.78. The lowest BCUT2D eigenvalue weighted by molar-refractivity contribution is -0.116. The molecule has 0 fully saturated rings. The molecule has 0 radical (unpaired) electrons. The zero-order valence-corrected chi connectivity index (χ0v) is 24.7. The zero-order valence-electron chi connectivity index (χ0n) is 23.9. The van der Waals surface area contributed by atoms with E-state index in [2.05, 4.69) is 10.6 Å². The summed E-state index contributed by atoms with van der Waals surface area (Å²) in [4.78, 5) is 29.0. The first-order chi connectivity index (χ1) is 19.9. The van der Waals surface area contributed by atoms with Gasteiger partial charge in [0.1, 0.15) is 5.75 Å². The third kappa shape index (κ3) is 5.57. The Labute approximate surface area is 245 Å². The van der Waals surface area contributed by atoms with E-state index in [1.54, 1.807) is 45.2 Å². The summed E-state index contributed by atoms with van der Waals surface area (Å²) in [5.74, 6) is 1.04. The fourth-order valence-corrected chi connectivity index (χ4v) is 6.16. The van der Waals surface area contributed by atoms with E-state index >= 15 is 0 Å². The Morgan fingerprint density at radius 3 is 2.24 bits per heavy atom. The van der Waals surface area contributed by atoms with Crippen LogP contribution in [0.25, 0.3) is 0 Å². The molecule has 212 valence electrons. The third-order valence-electron chi connectivity index (χ3n) is 7.76. The SMILES string of the molecule is COc1ccccc1NC(=O)C1=C(C)NC2=C(C(=O)CC(c3ccc(OC)c(OC)c3)C2)C1c1ccc(SC)cc1. The monoisotopic (exact) mass is 570 g/mol. The number of allylic oxidation sites excluding steroid dienone is 3. The van der Waals surface area contributed by atoms with Crippen LogP contribution in [0.5, 0.6) is 17.2 Å². The van der Waals surface area contributed by atoms with Gasteiger partial charge in [0.2, 0.25) is 0 Å². The molecule has 0 bridgehead atoms. The summed E-state index contributed by atoms with van der Waals surface area (Å²) in [6.07, 6.45) is 2.99. The Hall–Kier alpha value is -4.17. The lowest BCUT2D eigenvalue weighted by atomic mass is 9.71. The van der Waals surface area contributed by atoms with Crippen LogP contribution in [0.2, 0.25) is 0 Å². The van der Waals surface area contributed by atoms with Crippen molar-refractivity contribution in [2.45, 2.75) is 36.5 Å². The molecule has 1 aliphatic carbocycles. The number of Topliss-reactive ketones (excluding diaryl/α,β-unsaturated/α-hetero) is 1. The number of hydrogen-bond acceptors (Lipinski definition) is 7. The van der Waals surface area contributed by atoms with E-state index in [-0.39, 0.29) is 17.6 Å². The van der Waals surface area contributed by atoms with Crippen LogP contribution in [0, 0.1) is 0 Å². The quantitative estimate of drug-likeness (QED) is 0.302. The summed E-state index contributed by atoms with van der Waals surface area (Å²) in [6, 6.07) is 21.2. The van der Waals surface area contributed by atoms with E-state index in [9.17, 15) is 9.59 Å². The predicted molar refractivity (Wildman–Crippen MR) is 162 cm³/mol. The Morgan fingerprint density at radius 1 is 0.878 bits per heavy atom. The van der Waals surface area contributed by atoms with Crippen LogP contribution < -0.4 is 24.8 Å². The van der Waals surface area contributed by atoms with Crippen molar-refractivity contribution in [3.63, 3.8) is 0 Å². The first-order valence-corrected chi connectivity index (χ1v) is 14.6. The summed E-state index contributed by atoms with van der Waals surface area (Å²) in [5, 5.41) is 6.48. The molecule has 3 aromatic carbocycles. The molecule has 1 heterocycles. The number of ether oxygens (including phenoxy) is 3. The normalized spacial score (nSPS) is 18.4. The van der Waals surface area contributed by atoms with Gasteiger partial charge in [0.05, 0.1) is 27.0 Å². The van der Waals surface area contributed by atoms with Crippen molar-refractivity contribution in [2.24, 2.45) is 0 Å². The standard InChI is InChI=1S/C33H34N2O5S/c1-19-30(33(37)35-24-8-6-7-9-27(24)38-2)31(20-10-13-23(41-5)14-11-20)32-25(34-19)16-22(17-26(32)36)21-12-15-28(39-3)29(18-21)40-4/h6-15,18,22,31,34H,16-17H2,1-5H3,(H,35,37). The molecule has 2 aliphatic rings. The molecule has 1 aliphatic heterocycles. The summed E-state index contributed by atoms with van der Waals surface area (Å²) in [5.41, 5.74) is 5.21. The summed E-state index contributed by atoms with van der Waals surface area (Å²) >= 11 is 1.65. The summed E-state index contributed by atoms with van der Waals surface area (Å²) in [6.45, 7) is 1.90. The predicted octanol–water partition coefficient (Wildman–Crippen LogP) is 6.43. The van der Waals surface area contributed by atoms with E-state index < -0.39 is 5.92 Å². The van der Waals surface area contributed by atoms with Crippen molar-refractivity contribution in [3.8, 4) is 17.2 Å². The maximum atomic E-state index is 14.0. The number of anilines is 1. The van der Waals surface area contributed by atoms with E-state index in [1.165, 1.54) is 0 Å². The number of hydrogen-bond donors (Lipinski definition) is 2. The van der Waals surface area contributed by atoms with Gasteiger partial charge in [0.15, 0.2) is 17.3 Å². The van der Waals surface area contributed by atoms with E-state index in [0.717, 1.165) is 27.4 Å². The fraction of sp³-hybridized carbons (Fsp3) is 0.273. The number of carbonyl (C=O) groups excluding carboxylic acids is 2. The minimum atomic E-state index is -0.504. The van der Waals surface area contributed by atoms with Gasteiger partial charge in [-0.25, -0.2) is 0 Å². The minimum Gasteiger partial charge on any atom is -0.495 e. The smallest absolute Gasteiger partial charge is 0.254 e. The van der Waals surface area contributed by atoms with E-state index in [0.29, 0.717) is 46.9 Å². The first-order valence-electron chi connectivity index (χ1n) is 13.4. The van der Waals surface area contributed by atoms with Crippen LogP contribution >= 0.6 is 11.8 Å². The molecule has 2 N–H and O–H groups in total. The van der Waals surface area contributed by atoms with Crippen molar-refractivity contribution in [1.29, 1.82) is 0 Å². The Balaban J connectivity index is 1.55. The van der Waals surface area contributed by atoms with Crippen LogP contribution in [0.1, 0.15) is 42.7 Å². The number of amides is 1. The van der Waals surface area contributed by atoms with Gasteiger partial charge in [-0.1, -0.05) is 30.3 Å².